The molecule has 190 valence electrons. The standard InChI is InChI=1S/C30H58O2/c1-4-6-8-10-12-14-16-18-20-22-24-26-28-32-30(31)29(3)27-25-23-21-19-17-15-13-11-9-7-5-2/h27H,4-26,28H2,1-3H3. The molecule has 0 unspecified atom stereocenters. The van der Waals surface area contributed by atoms with E-state index in [9.17, 15) is 4.79 Å². The van der Waals surface area contributed by atoms with Crippen LogP contribution < -0.4 is 0 Å². The van der Waals surface area contributed by atoms with E-state index in [1.807, 2.05) is 6.92 Å². The number of esters is 1. The first-order chi connectivity index (χ1) is 15.7. The number of unbranched alkanes of at least 4 members (excludes halogenated alkanes) is 21. The third-order valence-electron chi connectivity index (χ3n) is 6.56. The van der Waals surface area contributed by atoms with Gasteiger partial charge in [-0.05, 0) is 26.2 Å². The molecule has 2 nitrogen and oxygen atoms in total. The van der Waals surface area contributed by atoms with Gasteiger partial charge in [-0.1, -0.05) is 148 Å². The summed E-state index contributed by atoms with van der Waals surface area (Å²) in [6.45, 7) is 7.04. The Morgan fingerprint density at radius 2 is 0.875 bits per heavy atom. The first kappa shape index (κ1) is 31.2. The van der Waals surface area contributed by atoms with Gasteiger partial charge in [0.15, 0.2) is 0 Å². The van der Waals surface area contributed by atoms with Crippen LogP contribution in [0.2, 0.25) is 0 Å². The van der Waals surface area contributed by atoms with Crippen LogP contribution in [0.1, 0.15) is 168 Å². The van der Waals surface area contributed by atoms with E-state index in [0.717, 1.165) is 18.4 Å². The quantitative estimate of drug-likeness (QED) is 0.0785. The molecule has 0 aromatic heterocycles. The van der Waals surface area contributed by atoms with E-state index in [4.69, 9.17) is 4.74 Å². The van der Waals surface area contributed by atoms with Gasteiger partial charge in [-0.2, -0.15) is 0 Å². The lowest BCUT2D eigenvalue weighted by Crippen LogP contribution is -2.07. The number of hydrogen-bond donors (Lipinski definition) is 0. The fourth-order valence-electron chi connectivity index (χ4n) is 4.26. The molecular weight excluding hydrogens is 392 g/mol. The van der Waals surface area contributed by atoms with E-state index in [-0.39, 0.29) is 5.97 Å². The predicted molar refractivity (Wildman–Crippen MR) is 142 cm³/mol. The first-order valence-electron chi connectivity index (χ1n) is 14.6. The van der Waals surface area contributed by atoms with Crippen LogP contribution in [-0.4, -0.2) is 12.6 Å². The smallest absolute Gasteiger partial charge is 0.333 e. The normalized spacial score (nSPS) is 11.8. The summed E-state index contributed by atoms with van der Waals surface area (Å²) >= 11 is 0. The van der Waals surface area contributed by atoms with Crippen LogP contribution in [-0.2, 0) is 9.53 Å². The van der Waals surface area contributed by atoms with Crippen LogP contribution in [0.25, 0.3) is 0 Å². The van der Waals surface area contributed by atoms with Crippen molar-refractivity contribution in [1.29, 1.82) is 0 Å². The molecular formula is C30H58O2. The molecule has 0 spiro atoms. The summed E-state index contributed by atoms with van der Waals surface area (Å²) in [6, 6.07) is 0. The van der Waals surface area contributed by atoms with Gasteiger partial charge in [0.2, 0.25) is 0 Å². The number of carbonyl (C=O) groups excluding carboxylic acids is 1. The number of rotatable bonds is 25. The van der Waals surface area contributed by atoms with E-state index in [0.29, 0.717) is 6.61 Å². The van der Waals surface area contributed by atoms with Crippen LogP contribution in [0.4, 0.5) is 0 Å². The predicted octanol–water partition coefficient (Wildman–Crippen LogP) is 10.5. The summed E-state index contributed by atoms with van der Waals surface area (Å²) in [5, 5.41) is 0. The maximum atomic E-state index is 12.1. The highest BCUT2D eigenvalue weighted by Crippen LogP contribution is 2.13. The molecule has 0 aliphatic heterocycles. The van der Waals surface area contributed by atoms with Gasteiger partial charge in [0, 0.05) is 5.57 Å². The monoisotopic (exact) mass is 450 g/mol. The Bertz CT molecular complexity index is 413. The largest absolute Gasteiger partial charge is 0.462 e. The fraction of sp³-hybridized carbons (Fsp3) is 0.900. The summed E-state index contributed by atoms with van der Waals surface area (Å²) in [4.78, 5) is 12.1. The second-order valence-corrected chi connectivity index (χ2v) is 9.88. The second kappa shape index (κ2) is 26.5. The number of allylic oxidation sites excluding steroid dienone is 1. The Hall–Kier alpha value is -0.790. The molecule has 0 aliphatic carbocycles. The molecule has 0 saturated carbocycles. The van der Waals surface area contributed by atoms with Gasteiger partial charge < -0.3 is 4.74 Å². The lowest BCUT2D eigenvalue weighted by Gasteiger charge is -2.06. The first-order valence-corrected chi connectivity index (χ1v) is 14.6. The topological polar surface area (TPSA) is 26.3 Å². The summed E-state index contributed by atoms with van der Waals surface area (Å²) < 4.78 is 5.44. The highest BCUT2D eigenvalue weighted by atomic mass is 16.5. The minimum atomic E-state index is -0.111. The zero-order valence-electron chi connectivity index (χ0n) is 22.4. The summed E-state index contributed by atoms with van der Waals surface area (Å²) in [6.07, 6.45) is 32.6. The average molecular weight is 451 g/mol. The van der Waals surface area contributed by atoms with Gasteiger partial charge in [-0.15, -0.1) is 0 Å². The molecule has 0 amide bonds. The Morgan fingerprint density at radius 3 is 1.28 bits per heavy atom. The van der Waals surface area contributed by atoms with Crippen molar-refractivity contribution in [2.24, 2.45) is 0 Å². The van der Waals surface area contributed by atoms with Crippen molar-refractivity contribution in [2.45, 2.75) is 168 Å². The van der Waals surface area contributed by atoms with E-state index in [1.165, 1.54) is 135 Å². The molecule has 0 aliphatic rings. The van der Waals surface area contributed by atoms with Crippen LogP contribution in [0.15, 0.2) is 11.6 Å². The third kappa shape index (κ3) is 23.9. The van der Waals surface area contributed by atoms with Crippen molar-refractivity contribution in [2.75, 3.05) is 6.61 Å². The molecule has 0 aromatic carbocycles. The minimum Gasteiger partial charge on any atom is -0.462 e. The van der Waals surface area contributed by atoms with Crippen molar-refractivity contribution in [3.05, 3.63) is 11.6 Å². The number of hydrogen-bond acceptors (Lipinski definition) is 2. The lowest BCUT2D eigenvalue weighted by atomic mass is 10.1. The van der Waals surface area contributed by atoms with Crippen molar-refractivity contribution >= 4 is 5.97 Å². The van der Waals surface area contributed by atoms with Crippen LogP contribution in [0, 0.1) is 0 Å². The Balaban J connectivity index is 3.38. The number of carbonyl (C=O) groups is 1. The molecule has 0 fully saturated rings. The van der Waals surface area contributed by atoms with Gasteiger partial charge >= 0.3 is 5.97 Å². The number of ether oxygens (including phenoxy) is 1. The van der Waals surface area contributed by atoms with Crippen molar-refractivity contribution in [3.63, 3.8) is 0 Å². The third-order valence-corrected chi connectivity index (χ3v) is 6.56. The van der Waals surface area contributed by atoms with Gasteiger partial charge in [0.05, 0.1) is 6.61 Å². The molecule has 0 heterocycles. The van der Waals surface area contributed by atoms with E-state index in [1.54, 1.807) is 0 Å². The van der Waals surface area contributed by atoms with E-state index >= 15 is 0 Å². The minimum absolute atomic E-state index is 0.111. The molecule has 32 heavy (non-hydrogen) atoms. The zero-order chi connectivity index (χ0) is 23.5. The Kier molecular flexibility index (Phi) is 25.8. The molecule has 0 N–H and O–H groups in total. The van der Waals surface area contributed by atoms with Crippen LogP contribution in [0.5, 0.6) is 0 Å². The summed E-state index contributed by atoms with van der Waals surface area (Å²) in [5.41, 5.74) is 0.792. The zero-order valence-corrected chi connectivity index (χ0v) is 22.4. The van der Waals surface area contributed by atoms with Gasteiger partial charge in [0.1, 0.15) is 0 Å². The molecule has 2 heteroatoms. The highest BCUT2D eigenvalue weighted by molar-refractivity contribution is 5.87. The molecule has 0 rings (SSSR count). The average Bonchev–Trinajstić information content (AvgIpc) is 2.80. The van der Waals surface area contributed by atoms with Crippen molar-refractivity contribution in [3.8, 4) is 0 Å². The van der Waals surface area contributed by atoms with Crippen molar-refractivity contribution < 1.29 is 9.53 Å². The van der Waals surface area contributed by atoms with Crippen LogP contribution in [0.3, 0.4) is 0 Å². The maximum Gasteiger partial charge on any atom is 0.333 e. The van der Waals surface area contributed by atoms with E-state index < -0.39 is 0 Å². The molecule has 0 bridgehead atoms. The molecule has 0 radical (unpaired) electrons. The summed E-state index contributed by atoms with van der Waals surface area (Å²) in [5.74, 6) is -0.111. The van der Waals surface area contributed by atoms with Gasteiger partial charge in [-0.25, -0.2) is 4.79 Å². The summed E-state index contributed by atoms with van der Waals surface area (Å²) in [7, 11) is 0. The van der Waals surface area contributed by atoms with E-state index in [2.05, 4.69) is 19.9 Å². The SMILES string of the molecule is CCCCCCCCCCCCC=C(C)C(=O)OCCCCCCCCCCCCCC. The Labute approximate surface area is 202 Å². The van der Waals surface area contributed by atoms with Crippen LogP contribution >= 0.6 is 0 Å². The van der Waals surface area contributed by atoms with Crippen molar-refractivity contribution in [1.82, 2.24) is 0 Å². The highest BCUT2D eigenvalue weighted by Gasteiger charge is 2.04. The maximum absolute atomic E-state index is 12.1. The van der Waals surface area contributed by atoms with Gasteiger partial charge in [-0.3, -0.25) is 0 Å². The second-order valence-electron chi connectivity index (χ2n) is 9.88. The molecule has 0 aromatic rings. The fourth-order valence-corrected chi connectivity index (χ4v) is 4.26. The Morgan fingerprint density at radius 1 is 0.531 bits per heavy atom. The molecule has 0 atom stereocenters. The molecule has 0 saturated heterocycles. The lowest BCUT2D eigenvalue weighted by molar-refractivity contribution is -0.139. The van der Waals surface area contributed by atoms with Gasteiger partial charge in [0.25, 0.3) is 0 Å².